The van der Waals surface area contributed by atoms with Crippen LogP contribution in [-0.2, 0) is 25.5 Å². The normalized spacial score (nSPS) is 17.1. The fourth-order valence-electron chi connectivity index (χ4n) is 4.80. The average molecular weight is 502 g/mol. The second-order valence-electron chi connectivity index (χ2n) is 10.6. The minimum Gasteiger partial charge on any atom is -0.467 e. The first-order valence-electron chi connectivity index (χ1n) is 12.7. The van der Waals surface area contributed by atoms with Crippen LogP contribution in [0.25, 0.3) is 10.9 Å². The molecule has 2 amide bonds. The molecule has 1 aliphatic rings. The Morgan fingerprint density at radius 1 is 1.11 bits per heavy atom. The van der Waals surface area contributed by atoms with Gasteiger partial charge >= 0.3 is 12.1 Å². The first-order valence-corrected chi connectivity index (χ1v) is 12.7. The second kappa shape index (κ2) is 12.3. The number of aliphatic hydroxyl groups is 1. The zero-order valence-corrected chi connectivity index (χ0v) is 21.6. The molecule has 4 N–H and O–H groups in total. The number of H-pyrrole nitrogens is 1. The van der Waals surface area contributed by atoms with Gasteiger partial charge < -0.3 is 30.2 Å². The van der Waals surface area contributed by atoms with Crippen molar-refractivity contribution < 1.29 is 29.0 Å². The summed E-state index contributed by atoms with van der Waals surface area (Å²) in [7, 11) is 1.25. The molecular formula is C27H39N3O6. The number of nitrogens with one attached hydrogen (secondary N) is 3. The molecule has 198 valence electrons. The number of amides is 2. The van der Waals surface area contributed by atoms with E-state index in [1.54, 1.807) is 27.0 Å². The van der Waals surface area contributed by atoms with Crippen molar-refractivity contribution in [1.29, 1.82) is 0 Å². The van der Waals surface area contributed by atoms with Gasteiger partial charge in [-0.3, -0.25) is 4.79 Å². The molecule has 0 radical (unpaired) electrons. The molecule has 1 fully saturated rings. The number of aliphatic hydroxyl groups excluding tert-OH is 1. The highest BCUT2D eigenvalue weighted by Gasteiger charge is 2.34. The van der Waals surface area contributed by atoms with E-state index in [2.05, 4.69) is 15.6 Å². The Kier molecular flexibility index (Phi) is 9.37. The summed E-state index contributed by atoms with van der Waals surface area (Å²) in [5, 5.41) is 17.3. The number of carbonyl (C=O) groups excluding carboxylic acids is 3. The van der Waals surface area contributed by atoms with Gasteiger partial charge in [-0.1, -0.05) is 50.3 Å². The standard InChI is InChI=1S/C27H39N3O6/c1-27(2,3)36-26(34)30-21(14-17-10-6-5-7-11-17)23(31)24(32)29-22(25(33)35-4)15-18-16-28-20-13-9-8-12-19(18)20/h8-9,12-13,16-17,21-23,28,31H,5-7,10-11,14-15H2,1-4H3,(H,29,32)(H,30,34)/t21-,22-,23+/m0/s1. The van der Waals surface area contributed by atoms with Crippen molar-refractivity contribution in [3.8, 4) is 0 Å². The fraction of sp³-hybridized carbons (Fsp3) is 0.593. The largest absolute Gasteiger partial charge is 0.467 e. The van der Waals surface area contributed by atoms with Crippen LogP contribution >= 0.6 is 0 Å². The van der Waals surface area contributed by atoms with Crippen LogP contribution in [0, 0.1) is 5.92 Å². The summed E-state index contributed by atoms with van der Waals surface area (Å²) in [5.74, 6) is -1.09. The number of rotatable bonds is 9. The van der Waals surface area contributed by atoms with E-state index in [0.29, 0.717) is 6.42 Å². The molecule has 2 aromatic rings. The lowest BCUT2D eigenvalue weighted by Gasteiger charge is -2.31. The smallest absolute Gasteiger partial charge is 0.407 e. The first kappa shape index (κ1) is 27.5. The lowest BCUT2D eigenvalue weighted by atomic mass is 9.83. The molecule has 0 saturated heterocycles. The molecule has 0 spiro atoms. The van der Waals surface area contributed by atoms with Crippen molar-refractivity contribution in [3.05, 3.63) is 36.0 Å². The second-order valence-corrected chi connectivity index (χ2v) is 10.6. The van der Waals surface area contributed by atoms with Gasteiger partial charge in [0.15, 0.2) is 6.10 Å². The number of ether oxygens (including phenoxy) is 2. The van der Waals surface area contributed by atoms with Crippen LogP contribution in [0.5, 0.6) is 0 Å². The third-order valence-electron chi connectivity index (χ3n) is 6.57. The summed E-state index contributed by atoms with van der Waals surface area (Å²) in [6, 6.07) is 5.79. The van der Waals surface area contributed by atoms with Crippen molar-refractivity contribution in [2.45, 2.75) is 89.5 Å². The first-order chi connectivity index (χ1) is 17.1. The molecule has 36 heavy (non-hydrogen) atoms. The molecule has 9 nitrogen and oxygen atoms in total. The Labute approximate surface area is 212 Å². The third-order valence-corrected chi connectivity index (χ3v) is 6.57. The van der Waals surface area contributed by atoms with Crippen molar-refractivity contribution in [2.75, 3.05) is 7.11 Å². The van der Waals surface area contributed by atoms with Gasteiger partial charge in [-0.05, 0) is 44.7 Å². The van der Waals surface area contributed by atoms with E-state index in [9.17, 15) is 19.5 Å². The molecule has 1 aromatic heterocycles. The maximum Gasteiger partial charge on any atom is 0.407 e. The minimum absolute atomic E-state index is 0.182. The van der Waals surface area contributed by atoms with E-state index < -0.39 is 41.8 Å². The van der Waals surface area contributed by atoms with Crippen LogP contribution in [0.3, 0.4) is 0 Å². The Bertz CT molecular complexity index is 1040. The van der Waals surface area contributed by atoms with Crippen LogP contribution in [-0.4, -0.2) is 59.0 Å². The van der Waals surface area contributed by atoms with Crippen molar-refractivity contribution in [2.24, 2.45) is 5.92 Å². The number of benzene rings is 1. The van der Waals surface area contributed by atoms with E-state index in [0.717, 1.165) is 42.1 Å². The molecule has 0 unspecified atom stereocenters. The molecule has 3 atom stereocenters. The Balaban J connectivity index is 1.74. The van der Waals surface area contributed by atoms with Crippen molar-refractivity contribution in [1.82, 2.24) is 15.6 Å². The Morgan fingerprint density at radius 2 is 1.81 bits per heavy atom. The molecule has 0 bridgehead atoms. The van der Waals surface area contributed by atoms with E-state index >= 15 is 0 Å². The maximum atomic E-state index is 13.1. The van der Waals surface area contributed by atoms with E-state index in [1.807, 2.05) is 24.3 Å². The predicted molar refractivity (Wildman–Crippen MR) is 136 cm³/mol. The monoisotopic (exact) mass is 501 g/mol. The number of esters is 1. The van der Waals surface area contributed by atoms with E-state index in [-0.39, 0.29) is 12.3 Å². The highest BCUT2D eigenvalue weighted by Crippen LogP contribution is 2.28. The fourth-order valence-corrected chi connectivity index (χ4v) is 4.80. The minimum atomic E-state index is -1.56. The number of carbonyl (C=O) groups is 3. The number of aromatic amines is 1. The Hall–Kier alpha value is -3.07. The van der Waals surface area contributed by atoms with Gasteiger partial charge in [0.2, 0.25) is 0 Å². The quantitative estimate of drug-likeness (QED) is 0.389. The van der Waals surface area contributed by atoms with Gasteiger partial charge in [0, 0.05) is 23.5 Å². The van der Waals surface area contributed by atoms with Crippen LogP contribution in [0.15, 0.2) is 30.5 Å². The summed E-state index contributed by atoms with van der Waals surface area (Å²) in [6.07, 6.45) is 5.45. The summed E-state index contributed by atoms with van der Waals surface area (Å²) < 4.78 is 10.3. The SMILES string of the molecule is COC(=O)[C@H](Cc1c[nH]c2ccccc12)NC(=O)[C@H](O)[C@H](CC1CCCCC1)NC(=O)OC(C)(C)C. The molecule has 3 rings (SSSR count). The molecule has 1 heterocycles. The van der Waals surface area contributed by atoms with Crippen molar-refractivity contribution in [3.63, 3.8) is 0 Å². The number of para-hydroxylation sites is 1. The summed E-state index contributed by atoms with van der Waals surface area (Å²) in [4.78, 5) is 41.3. The summed E-state index contributed by atoms with van der Waals surface area (Å²) in [6.45, 7) is 5.24. The molecule has 0 aliphatic heterocycles. The van der Waals surface area contributed by atoms with Crippen LogP contribution in [0.2, 0.25) is 0 Å². The third kappa shape index (κ3) is 7.71. The molecule has 1 saturated carbocycles. The summed E-state index contributed by atoms with van der Waals surface area (Å²) in [5.41, 5.74) is 1.03. The average Bonchev–Trinajstić information content (AvgIpc) is 3.24. The van der Waals surface area contributed by atoms with Gasteiger partial charge in [-0.25, -0.2) is 9.59 Å². The van der Waals surface area contributed by atoms with Crippen molar-refractivity contribution >= 4 is 28.9 Å². The zero-order chi connectivity index (χ0) is 26.3. The molecular weight excluding hydrogens is 462 g/mol. The van der Waals surface area contributed by atoms with Gasteiger partial charge in [-0.2, -0.15) is 0 Å². The molecule has 9 heteroatoms. The predicted octanol–water partition coefficient (Wildman–Crippen LogP) is 3.59. The summed E-state index contributed by atoms with van der Waals surface area (Å²) >= 11 is 0. The van der Waals surface area contributed by atoms with Crippen LogP contribution < -0.4 is 10.6 Å². The number of aromatic nitrogens is 1. The van der Waals surface area contributed by atoms with Gasteiger partial charge in [0.05, 0.1) is 13.2 Å². The number of alkyl carbamates (subject to hydrolysis) is 1. The molecule has 1 aliphatic carbocycles. The van der Waals surface area contributed by atoms with Gasteiger partial charge in [0.1, 0.15) is 11.6 Å². The number of hydrogen-bond acceptors (Lipinski definition) is 6. The number of hydrogen-bond donors (Lipinski definition) is 4. The maximum absolute atomic E-state index is 13.1. The van der Waals surface area contributed by atoms with Crippen LogP contribution in [0.4, 0.5) is 4.79 Å². The Morgan fingerprint density at radius 3 is 2.47 bits per heavy atom. The van der Waals surface area contributed by atoms with Crippen LogP contribution in [0.1, 0.15) is 64.9 Å². The lowest BCUT2D eigenvalue weighted by molar-refractivity contribution is -0.146. The van der Waals surface area contributed by atoms with E-state index in [1.165, 1.54) is 13.5 Å². The highest BCUT2D eigenvalue weighted by molar-refractivity contribution is 5.89. The van der Waals surface area contributed by atoms with Gasteiger partial charge in [0.25, 0.3) is 5.91 Å². The molecule has 1 aromatic carbocycles. The highest BCUT2D eigenvalue weighted by atomic mass is 16.6. The number of fused-ring (bicyclic) bond motifs is 1. The van der Waals surface area contributed by atoms with Gasteiger partial charge in [-0.15, -0.1) is 0 Å². The topological polar surface area (TPSA) is 130 Å². The zero-order valence-electron chi connectivity index (χ0n) is 21.6. The van der Waals surface area contributed by atoms with E-state index in [4.69, 9.17) is 9.47 Å². The lowest BCUT2D eigenvalue weighted by Crippen LogP contribution is -2.55. The number of methoxy groups -OCH3 is 1.